The molecule has 68 valence electrons. The van der Waals surface area contributed by atoms with Crippen molar-refractivity contribution in [3.8, 4) is 0 Å². The smallest absolute Gasteiger partial charge is 0.0659 e. The van der Waals surface area contributed by atoms with E-state index in [0.717, 1.165) is 19.3 Å². The summed E-state index contributed by atoms with van der Waals surface area (Å²) >= 11 is 0. The lowest BCUT2D eigenvalue weighted by molar-refractivity contribution is 0.0230. The Balaban J connectivity index is 2.47. The van der Waals surface area contributed by atoms with Crippen LogP contribution in [0.4, 0.5) is 0 Å². The first-order chi connectivity index (χ1) is 5.88. The molecule has 0 amide bonds. The number of azide groups is 1. The first kappa shape index (κ1) is 9.36. The van der Waals surface area contributed by atoms with E-state index in [1.54, 1.807) is 0 Å². The van der Waals surface area contributed by atoms with Crippen molar-refractivity contribution in [3.05, 3.63) is 10.4 Å². The highest BCUT2D eigenvalue weighted by atomic mass is 16.5. The van der Waals surface area contributed by atoms with Crippen molar-refractivity contribution in [2.45, 2.75) is 44.8 Å². The zero-order valence-electron chi connectivity index (χ0n) is 7.44. The second kappa shape index (κ2) is 5.01. The minimum atomic E-state index is 0.0729. The summed E-state index contributed by atoms with van der Waals surface area (Å²) in [5.74, 6) is 0. The Morgan fingerprint density at radius 3 is 2.92 bits per heavy atom. The van der Waals surface area contributed by atoms with Crippen LogP contribution >= 0.6 is 0 Å². The van der Waals surface area contributed by atoms with Crippen molar-refractivity contribution < 1.29 is 4.74 Å². The van der Waals surface area contributed by atoms with E-state index in [9.17, 15) is 0 Å². The van der Waals surface area contributed by atoms with Crippen LogP contribution in [0.2, 0.25) is 0 Å². The molecule has 12 heavy (non-hydrogen) atoms. The summed E-state index contributed by atoms with van der Waals surface area (Å²) < 4.78 is 5.48. The number of ether oxygens (including phenoxy) is 1. The Morgan fingerprint density at radius 2 is 2.25 bits per heavy atom. The van der Waals surface area contributed by atoms with Gasteiger partial charge in [-0.2, -0.15) is 0 Å². The molecule has 4 nitrogen and oxygen atoms in total. The van der Waals surface area contributed by atoms with Crippen molar-refractivity contribution in [2.75, 3.05) is 6.61 Å². The van der Waals surface area contributed by atoms with Gasteiger partial charge in [-0.3, -0.25) is 0 Å². The molecule has 0 spiro atoms. The molecule has 0 saturated heterocycles. The van der Waals surface area contributed by atoms with Crippen LogP contribution < -0.4 is 0 Å². The standard InChI is InChI=1S/C8H15N3O/c1-2-12-8-6-4-3-5-7(8)10-11-9/h7-8H,2-6H2,1H3/t7-,8-/m1/s1. The highest BCUT2D eigenvalue weighted by molar-refractivity contribution is 4.81. The van der Waals surface area contributed by atoms with Gasteiger partial charge in [0, 0.05) is 11.5 Å². The molecule has 1 saturated carbocycles. The fraction of sp³-hybridized carbons (Fsp3) is 1.00. The highest BCUT2D eigenvalue weighted by Gasteiger charge is 2.23. The predicted molar refractivity (Wildman–Crippen MR) is 46.8 cm³/mol. The van der Waals surface area contributed by atoms with Gasteiger partial charge in [-0.1, -0.05) is 18.0 Å². The molecule has 1 fully saturated rings. The first-order valence-corrected chi connectivity index (χ1v) is 4.54. The molecule has 0 bridgehead atoms. The van der Waals surface area contributed by atoms with Gasteiger partial charge in [0.25, 0.3) is 0 Å². The third-order valence-corrected chi connectivity index (χ3v) is 2.25. The number of hydrogen-bond donors (Lipinski definition) is 0. The van der Waals surface area contributed by atoms with Crippen LogP contribution in [0.25, 0.3) is 10.4 Å². The molecule has 1 rings (SSSR count). The Morgan fingerprint density at radius 1 is 1.50 bits per heavy atom. The van der Waals surface area contributed by atoms with Crippen LogP contribution in [-0.2, 0) is 4.74 Å². The van der Waals surface area contributed by atoms with Gasteiger partial charge in [0.2, 0.25) is 0 Å². The lowest BCUT2D eigenvalue weighted by Crippen LogP contribution is -2.30. The van der Waals surface area contributed by atoms with Crippen LogP contribution in [0, 0.1) is 0 Å². The van der Waals surface area contributed by atoms with Gasteiger partial charge in [0.05, 0.1) is 12.1 Å². The fourth-order valence-corrected chi connectivity index (χ4v) is 1.68. The fourth-order valence-electron chi connectivity index (χ4n) is 1.68. The summed E-state index contributed by atoms with van der Waals surface area (Å²) in [6.07, 6.45) is 4.54. The Labute approximate surface area is 72.5 Å². The van der Waals surface area contributed by atoms with Crippen LogP contribution in [0.5, 0.6) is 0 Å². The number of rotatable bonds is 3. The summed E-state index contributed by atoms with van der Waals surface area (Å²) in [7, 11) is 0. The van der Waals surface area contributed by atoms with Gasteiger partial charge in [0.1, 0.15) is 0 Å². The maximum absolute atomic E-state index is 8.31. The third-order valence-electron chi connectivity index (χ3n) is 2.25. The van der Waals surface area contributed by atoms with Crippen LogP contribution in [0.1, 0.15) is 32.6 Å². The van der Waals surface area contributed by atoms with Gasteiger partial charge in [-0.15, -0.1) is 0 Å². The maximum Gasteiger partial charge on any atom is 0.0659 e. The van der Waals surface area contributed by atoms with E-state index in [4.69, 9.17) is 10.3 Å². The Bertz CT molecular complexity index is 175. The zero-order valence-corrected chi connectivity index (χ0v) is 7.44. The van der Waals surface area contributed by atoms with Crippen molar-refractivity contribution in [3.63, 3.8) is 0 Å². The first-order valence-electron chi connectivity index (χ1n) is 4.54. The predicted octanol–water partition coefficient (Wildman–Crippen LogP) is 2.64. The molecular formula is C8H15N3O. The minimum Gasteiger partial charge on any atom is -0.378 e. The van der Waals surface area contributed by atoms with Gasteiger partial charge in [-0.05, 0) is 25.3 Å². The van der Waals surface area contributed by atoms with Crippen molar-refractivity contribution >= 4 is 0 Å². The SMILES string of the molecule is CCO[C@@H]1CCCC[C@H]1N=[N+]=[N-]. The molecule has 0 radical (unpaired) electrons. The second-order valence-corrected chi connectivity index (χ2v) is 3.05. The molecule has 0 heterocycles. The molecule has 2 atom stereocenters. The molecule has 0 aliphatic heterocycles. The Kier molecular flexibility index (Phi) is 3.91. The van der Waals surface area contributed by atoms with E-state index in [0.29, 0.717) is 6.61 Å². The van der Waals surface area contributed by atoms with Crippen molar-refractivity contribution in [1.82, 2.24) is 0 Å². The monoisotopic (exact) mass is 169 g/mol. The molecule has 0 N–H and O–H groups in total. The van der Waals surface area contributed by atoms with E-state index in [-0.39, 0.29) is 12.1 Å². The van der Waals surface area contributed by atoms with Crippen LogP contribution in [0.3, 0.4) is 0 Å². The summed E-state index contributed by atoms with van der Waals surface area (Å²) in [6.45, 7) is 2.68. The van der Waals surface area contributed by atoms with Gasteiger partial charge in [0.15, 0.2) is 0 Å². The molecule has 0 aromatic carbocycles. The molecule has 0 aromatic rings. The maximum atomic E-state index is 8.31. The average Bonchev–Trinajstić information content (AvgIpc) is 2.09. The van der Waals surface area contributed by atoms with Crippen LogP contribution in [-0.4, -0.2) is 18.8 Å². The van der Waals surface area contributed by atoms with Crippen molar-refractivity contribution in [1.29, 1.82) is 0 Å². The molecule has 0 unspecified atom stereocenters. The summed E-state index contributed by atoms with van der Waals surface area (Å²) in [4.78, 5) is 2.84. The third kappa shape index (κ3) is 2.40. The van der Waals surface area contributed by atoms with E-state index in [2.05, 4.69) is 10.0 Å². The van der Waals surface area contributed by atoms with E-state index in [1.807, 2.05) is 6.92 Å². The molecule has 4 heteroatoms. The topological polar surface area (TPSA) is 58.0 Å². The van der Waals surface area contributed by atoms with E-state index in [1.165, 1.54) is 6.42 Å². The lowest BCUT2D eigenvalue weighted by atomic mass is 9.93. The zero-order chi connectivity index (χ0) is 8.81. The molecule has 1 aliphatic carbocycles. The summed E-state index contributed by atoms with van der Waals surface area (Å²) in [5.41, 5.74) is 8.31. The normalized spacial score (nSPS) is 29.4. The highest BCUT2D eigenvalue weighted by Crippen LogP contribution is 2.23. The molecule has 1 aliphatic rings. The second-order valence-electron chi connectivity index (χ2n) is 3.05. The largest absolute Gasteiger partial charge is 0.378 e. The van der Waals surface area contributed by atoms with E-state index < -0.39 is 0 Å². The van der Waals surface area contributed by atoms with Gasteiger partial charge < -0.3 is 4.74 Å². The quantitative estimate of drug-likeness (QED) is 0.364. The molecule has 0 aromatic heterocycles. The van der Waals surface area contributed by atoms with Crippen molar-refractivity contribution in [2.24, 2.45) is 5.11 Å². The van der Waals surface area contributed by atoms with Gasteiger partial charge >= 0.3 is 0 Å². The molecular weight excluding hydrogens is 154 g/mol. The lowest BCUT2D eigenvalue weighted by Gasteiger charge is -2.27. The summed E-state index contributed by atoms with van der Waals surface area (Å²) in [6, 6.07) is 0.0729. The minimum absolute atomic E-state index is 0.0729. The summed E-state index contributed by atoms with van der Waals surface area (Å²) in [5, 5.41) is 3.74. The van der Waals surface area contributed by atoms with E-state index >= 15 is 0 Å². The number of hydrogen-bond acceptors (Lipinski definition) is 2. The van der Waals surface area contributed by atoms with Gasteiger partial charge in [-0.25, -0.2) is 0 Å². The van der Waals surface area contributed by atoms with Crippen LogP contribution in [0.15, 0.2) is 5.11 Å². The Hall–Kier alpha value is -0.730. The average molecular weight is 169 g/mol. The number of nitrogens with zero attached hydrogens (tertiary/aromatic N) is 3.